The zero-order valence-corrected chi connectivity index (χ0v) is 14.8. The van der Waals surface area contributed by atoms with Crippen molar-refractivity contribution in [2.24, 2.45) is 0 Å². The van der Waals surface area contributed by atoms with Crippen LogP contribution in [0.4, 0.5) is 0 Å². The van der Waals surface area contributed by atoms with Crippen LogP contribution in [0.5, 0.6) is 0 Å². The first-order valence-electron chi connectivity index (χ1n) is 6.12. The van der Waals surface area contributed by atoms with Gasteiger partial charge < -0.3 is 0 Å². The number of benzene rings is 2. The zero-order chi connectivity index (χ0) is 14.0. The molecule has 1 atom stereocenters. The minimum Gasteiger partial charge on any atom is -0.117 e. The Hall–Kier alpha value is -0.310. The van der Waals surface area contributed by atoms with Gasteiger partial charge in [0.2, 0.25) is 0 Å². The molecule has 0 amide bonds. The van der Waals surface area contributed by atoms with Crippen LogP contribution in [0.1, 0.15) is 27.6 Å². The van der Waals surface area contributed by atoms with Gasteiger partial charge in [-0.05, 0) is 55.2 Å². The molecule has 0 spiro atoms. The highest BCUT2D eigenvalue weighted by Crippen LogP contribution is 2.33. The molecule has 0 aliphatic rings. The predicted molar refractivity (Wildman–Crippen MR) is 90.1 cm³/mol. The maximum Gasteiger partial charge on any atom is 0.0637 e. The average Bonchev–Trinajstić information content (AvgIpc) is 2.36. The quantitative estimate of drug-likeness (QED) is 0.525. The number of aryl methyl sites for hydroxylation is 2. The summed E-state index contributed by atoms with van der Waals surface area (Å²) in [7, 11) is 0. The maximum absolute atomic E-state index is 6.59. The van der Waals surface area contributed by atoms with Gasteiger partial charge in [0, 0.05) is 8.95 Å². The highest BCUT2D eigenvalue weighted by molar-refractivity contribution is 9.11. The summed E-state index contributed by atoms with van der Waals surface area (Å²) in [6, 6.07) is 12.6. The Morgan fingerprint density at radius 2 is 1.79 bits per heavy atom. The van der Waals surface area contributed by atoms with E-state index in [4.69, 9.17) is 11.6 Å². The molecule has 100 valence electrons. The SMILES string of the molecule is Cc1ccc(C)c(CC(Cl)c2cc(Br)ccc2Br)c1. The van der Waals surface area contributed by atoms with Crippen molar-refractivity contribution in [1.29, 1.82) is 0 Å². The van der Waals surface area contributed by atoms with Crippen LogP contribution in [0.15, 0.2) is 45.3 Å². The standard InChI is InChI=1S/C16H15Br2Cl/c1-10-3-4-11(2)12(7-10)8-16(19)14-9-13(17)5-6-15(14)18/h3-7,9,16H,8H2,1-2H3. The van der Waals surface area contributed by atoms with Gasteiger partial charge in [-0.25, -0.2) is 0 Å². The lowest BCUT2D eigenvalue weighted by Gasteiger charge is -2.14. The second-order valence-electron chi connectivity index (χ2n) is 4.77. The normalized spacial score (nSPS) is 12.5. The third kappa shape index (κ3) is 3.84. The molecule has 0 aromatic heterocycles. The van der Waals surface area contributed by atoms with Crippen LogP contribution >= 0.6 is 43.5 Å². The molecule has 0 fully saturated rings. The summed E-state index contributed by atoms with van der Waals surface area (Å²) in [6.07, 6.45) is 0.837. The summed E-state index contributed by atoms with van der Waals surface area (Å²) < 4.78 is 2.11. The first-order valence-corrected chi connectivity index (χ1v) is 8.15. The van der Waals surface area contributed by atoms with Crippen LogP contribution in [0.2, 0.25) is 0 Å². The third-order valence-electron chi connectivity index (χ3n) is 3.20. The zero-order valence-electron chi connectivity index (χ0n) is 10.9. The monoisotopic (exact) mass is 400 g/mol. The fraction of sp³-hybridized carbons (Fsp3) is 0.250. The molecular formula is C16H15Br2Cl. The van der Waals surface area contributed by atoms with Crippen LogP contribution in [-0.4, -0.2) is 0 Å². The molecule has 2 rings (SSSR count). The molecule has 1 unspecified atom stereocenters. The number of halogens is 3. The van der Waals surface area contributed by atoms with E-state index >= 15 is 0 Å². The van der Waals surface area contributed by atoms with Crippen molar-refractivity contribution in [2.75, 3.05) is 0 Å². The van der Waals surface area contributed by atoms with Gasteiger partial charge in [0.25, 0.3) is 0 Å². The molecule has 0 aliphatic heterocycles. The van der Waals surface area contributed by atoms with Crippen molar-refractivity contribution >= 4 is 43.5 Å². The summed E-state index contributed by atoms with van der Waals surface area (Å²) in [4.78, 5) is 0. The molecule has 0 heterocycles. The highest BCUT2D eigenvalue weighted by Gasteiger charge is 2.14. The van der Waals surface area contributed by atoms with Crippen molar-refractivity contribution in [3.05, 3.63) is 67.6 Å². The van der Waals surface area contributed by atoms with Gasteiger partial charge in [-0.3, -0.25) is 0 Å². The summed E-state index contributed by atoms with van der Waals surface area (Å²) in [5.41, 5.74) is 5.00. The predicted octanol–water partition coefficient (Wildman–Crippen LogP) is 6.35. The minimum absolute atomic E-state index is 0.0348. The van der Waals surface area contributed by atoms with Crippen LogP contribution < -0.4 is 0 Å². The fourth-order valence-electron chi connectivity index (χ4n) is 2.08. The van der Waals surface area contributed by atoms with E-state index in [1.165, 1.54) is 16.7 Å². The average molecular weight is 403 g/mol. The van der Waals surface area contributed by atoms with Crippen molar-refractivity contribution in [3.63, 3.8) is 0 Å². The highest BCUT2D eigenvalue weighted by atomic mass is 79.9. The Labute approximate surface area is 136 Å². The van der Waals surface area contributed by atoms with E-state index in [0.717, 1.165) is 20.9 Å². The van der Waals surface area contributed by atoms with E-state index in [0.29, 0.717) is 0 Å². The summed E-state index contributed by atoms with van der Waals surface area (Å²) in [6.45, 7) is 4.25. The molecule has 2 aromatic rings. The van der Waals surface area contributed by atoms with Gasteiger partial charge in [-0.1, -0.05) is 55.6 Å². The Morgan fingerprint density at radius 1 is 1.05 bits per heavy atom. The third-order valence-corrected chi connectivity index (χ3v) is 4.80. The lowest BCUT2D eigenvalue weighted by atomic mass is 9.98. The van der Waals surface area contributed by atoms with Crippen LogP contribution in [-0.2, 0) is 6.42 Å². The van der Waals surface area contributed by atoms with Gasteiger partial charge >= 0.3 is 0 Å². The van der Waals surface area contributed by atoms with E-state index in [2.05, 4.69) is 70.0 Å². The van der Waals surface area contributed by atoms with Gasteiger partial charge in [0.1, 0.15) is 0 Å². The molecule has 3 heteroatoms. The van der Waals surface area contributed by atoms with Gasteiger partial charge in [-0.2, -0.15) is 0 Å². The second-order valence-corrected chi connectivity index (χ2v) is 7.06. The fourth-order valence-corrected chi connectivity index (χ4v) is 3.46. The van der Waals surface area contributed by atoms with Crippen molar-refractivity contribution < 1.29 is 0 Å². The molecule has 0 nitrogen and oxygen atoms in total. The van der Waals surface area contributed by atoms with E-state index in [1.807, 2.05) is 12.1 Å². The number of hydrogen-bond donors (Lipinski definition) is 0. The van der Waals surface area contributed by atoms with Gasteiger partial charge in [0.05, 0.1) is 5.38 Å². The Kier molecular flexibility index (Phi) is 5.10. The van der Waals surface area contributed by atoms with Crippen molar-refractivity contribution in [2.45, 2.75) is 25.6 Å². The summed E-state index contributed by atoms with van der Waals surface area (Å²) >= 11 is 13.7. The number of rotatable bonds is 3. The molecule has 0 radical (unpaired) electrons. The van der Waals surface area contributed by atoms with Crippen LogP contribution in [0.3, 0.4) is 0 Å². The molecule has 0 N–H and O–H groups in total. The Bertz CT molecular complexity index is 593. The Balaban J connectivity index is 2.27. The second kappa shape index (κ2) is 6.43. The van der Waals surface area contributed by atoms with Gasteiger partial charge in [-0.15, -0.1) is 11.6 Å². The maximum atomic E-state index is 6.59. The van der Waals surface area contributed by atoms with E-state index in [-0.39, 0.29) is 5.38 Å². The lowest BCUT2D eigenvalue weighted by molar-refractivity contribution is 0.903. The molecule has 0 bridgehead atoms. The van der Waals surface area contributed by atoms with E-state index in [9.17, 15) is 0 Å². The van der Waals surface area contributed by atoms with Crippen LogP contribution in [0, 0.1) is 13.8 Å². The van der Waals surface area contributed by atoms with E-state index in [1.54, 1.807) is 0 Å². The number of alkyl halides is 1. The summed E-state index contributed by atoms with van der Waals surface area (Å²) in [5.74, 6) is 0. The van der Waals surface area contributed by atoms with Crippen LogP contribution in [0.25, 0.3) is 0 Å². The molecule has 0 saturated heterocycles. The summed E-state index contributed by atoms with van der Waals surface area (Å²) in [5, 5.41) is -0.0348. The molecule has 0 saturated carbocycles. The first-order chi connectivity index (χ1) is 8.97. The number of hydrogen-bond acceptors (Lipinski definition) is 0. The lowest BCUT2D eigenvalue weighted by Crippen LogP contribution is -1.99. The molecule has 0 aliphatic carbocycles. The first kappa shape index (κ1) is 15.1. The molecule has 19 heavy (non-hydrogen) atoms. The topological polar surface area (TPSA) is 0 Å². The minimum atomic E-state index is -0.0348. The molecular weight excluding hydrogens is 387 g/mol. The molecule has 2 aromatic carbocycles. The van der Waals surface area contributed by atoms with Crippen molar-refractivity contribution in [1.82, 2.24) is 0 Å². The largest absolute Gasteiger partial charge is 0.117 e. The van der Waals surface area contributed by atoms with Gasteiger partial charge in [0.15, 0.2) is 0 Å². The smallest absolute Gasteiger partial charge is 0.0637 e. The van der Waals surface area contributed by atoms with E-state index < -0.39 is 0 Å². The Morgan fingerprint density at radius 3 is 2.53 bits per heavy atom. The van der Waals surface area contributed by atoms with Crippen molar-refractivity contribution in [3.8, 4) is 0 Å².